The number of allylic oxidation sites excluding steroid dienone is 1. The van der Waals surface area contributed by atoms with Crippen LogP contribution in [0.25, 0.3) is 0 Å². The number of hydrogen-bond donors (Lipinski definition) is 0. The van der Waals surface area contributed by atoms with Crippen LogP contribution in [-0.4, -0.2) is 35.5 Å². The average Bonchev–Trinajstić information content (AvgIpc) is 2.75. The summed E-state index contributed by atoms with van der Waals surface area (Å²) in [5, 5.41) is 0. The van der Waals surface area contributed by atoms with Gasteiger partial charge in [-0.05, 0) is 57.0 Å². The van der Waals surface area contributed by atoms with Gasteiger partial charge in [-0.25, -0.2) is 14.0 Å². The molecule has 2 aromatic carbocycles. The summed E-state index contributed by atoms with van der Waals surface area (Å²) < 4.78 is 25.0. The quantitative estimate of drug-likeness (QED) is 0.611. The maximum Gasteiger partial charge on any atom is 0.337 e. The van der Waals surface area contributed by atoms with Gasteiger partial charge in [0.1, 0.15) is 11.4 Å². The third-order valence-electron chi connectivity index (χ3n) is 5.44. The zero-order valence-electron chi connectivity index (χ0n) is 19.5. The van der Waals surface area contributed by atoms with E-state index >= 15 is 0 Å². The standard InChI is InChI=1S/C26H28FNO5/c1-16-23(25(31)33-26(2,3)4)20(19-8-6-7-9-21(19)27)14-22(29)28(16)15-17-10-12-18(13-11-17)24(30)32-5/h6-13,20H,14-15H2,1-5H3. The first-order valence-electron chi connectivity index (χ1n) is 10.7. The summed E-state index contributed by atoms with van der Waals surface area (Å²) in [5.74, 6) is -2.48. The van der Waals surface area contributed by atoms with Crippen LogP contribution in [0.15, 0.2) is 59.8 Å². The number of benzene rings is 2. The molecule has 0 fully saturated rings. The second-order valence-electron chi connectivity index (χ2n) is 8.95. The summed E-state index contributed by atoms with van der Waals surface area (Å²) in [6.07, 6.45) is -0.0624. The van der Waals surface area contributed by atoms with Crippen LogP contribution in [0.5, 0.6) is 0 Å². The Hall–Kier alpha value is -3.48. The molecule has 1 amide bonds. The molecule has 174 valence electrons. The number of esters is 2. The molecule has 6 nitrogen and oxygen atoms in total. The van der Waals surface area contributed by atoms with Crippen molar-refractivity contribution in [2.75, 3.05) is 7.11 Å². The number of carbonyl (C=O) groups is 3. The summed E-state index contributed by atoms with van der Waals surface area (Å²) in [4.78, 5) is 39.5. The highest BCUT2D eigenvalue weighted by Gasteiger charge is 2.39. The molecule has 1 atom stereocenters. The van der Waals surface area contributed by atoms with Gasteiger partial charge in [0.2, 0.25) is 5.91 Å². The lowest BCUT2D eigenvalue weighted by Gasteiger charge is -2.35. The van der Waals surface area contributed by atoms with E-state index in [1.807, 2.05) is 0 Å². The van der Waals surface area contributed by atoms with E-state index in [1.165, 1.54) is 18.1 Å². The molecule has 1 heterocycles. The van der Waals surface area contributed by atoms with E-state index in [0.717, 1.165) is 5.56 Å². The lowest BCUT2D eigenvalue weighted by molar-refractivity contribution is -0.150. The number of hydrogen-bond acceptors (Lipinski definition) is 5. The minimum absolute atomic E-state index is 0.0624. The van der Waals surface area contributed by atoms with Crippen molar-refractivity contribution >= 4 is 17.8 Å². The molecule has 0 aliphatic carbocycles. The molecule has 2 aromatic rings. The van der Waals surface area contributed by atoms with E-state index in [-0.39, 0.29) is 30.0 Å². The Morgan fingerprint density at radius 1 is 1.06 bits per heavy atom. The molecule has 7 heteroatoms. The van der Waals surface area contributed by atoms with Crippen molar-refractivity contribution < 1.29 is 28.2 Å². The molecule has 0 saturated heterocycles. The number of ether oxygens (including phenoxy) is 2. The van der Waals surface area contributed by atoms with Gasteiger partial charge in [-0.15, -0.1) is 0 Å². The van der Waals surface area contributed by atoms with Gasteiger partial charge in [0.05, 0.1) is 24.8 Å². The predicted octanol–water partition coefficient (Wildman–Crippen LogP) is 4.74. The lowest BCUT2D eigenvalue weighted by Crippen LogP contribution is -2.39. The molecular weight excluding hydrogens is 425 g/mol. The molecular formula is C26H28FNO5. The second-order valence-corrected chi connectivity index (χ2v) is 8.95. The Morgan fingerprint density at radius 3 is 2.27 bits per heavy atom. The average molecular weight is 454 g/mol. The third-order valence-corrected chi connectivity index (χ3v) is 5.44. The minimum atomic E-state index is -0.750. The Balaban J connectivity index is 2.01. The van der Waals surface area contributed by atoms with Gasteiger partial charge in [0.15, 0.2) is 0 Å². The van der Waals surface area contributed by atoms with Crippen LogP contribution in [0.4, 0.5) is 4.39 Å². The molecule has 1 unspecified atom stereocenters. The molecule has 3 rings (SSSR count). The molecule has 0 aromatic heterocycles. The molecule has 33 heavy (non-hydrogen) atoms. The minimum Gasteiger partial charge on any atom is -0.465 e. The van der Waals surface area contributed by atoms with Crippen LogP contribution in [0.3, 0.4) is 0 Å². The van der Waals surface area contributed by atoms with E-state index in [1.54, 1.807) is 70.2 Å². The first kappa shape index (κ1) is 24.2. The van der Waals surface area contributed by atoms with Crippen LogP contribution < -0.4 is 0 Å². The van der Waals surface area contributed by atoms with Gasteiger partial charge in [-0.2, -0.15) is 0 Å². The van der Waals surface area contributed by atoms with Gasteiger partial charge in [0.25, 0.3) is 0 Å². The summed E-state index contributed by atoms with van der Waals surface area (Å²) in [6, 6.07) is 12.8. The number of rotatable bonds is 5. The first-order valence-corrected chi connectivity index (χ1v) is 10.7. The summed E-state index contributed by atoms with van der Waals surface area (Å²) in [6.45, 7) is 7.14. The Kier molecular flexibility index (Phi) is 7.01. The third kappa shape index (κ3) is 5.48. The summed E-state index contributed by atoms with van der Waals surface area (Å²) in [5.41, 5.74) is 1.38. The van der Waals surface area contributed by atoms with Crippen LogP contribution in [0.2, 0.25) is 0 Å². The van der Waals surface area contributed by atoms with Gasteiger partial charge in [-0.3, -0.25) is 4.79 Å². The molecule has 0 N–H and O–H groups in total. The maximum atomic E-state index is 14.6. The zero-order chi connectivity index (χ0) is 24.3. The second kappa shape index (κ2) is 9.57. The fourth-order valence-corrected chi connectivity index (χ4v) is 3.87. The fourth-order valence-electron chi connectivity index (χ4n) is 3.87. The van der Waals surface area contributed by atoms with Crippen molar-refractivity contribution in [3.05, 3.63) is 82.3 Å². The largest absolute Gasteiger partial charge is 0.465 e. The molecule has 0 saturated carbocycles. The van der Waals surface area contributed by atoms with Gasteiger partial charge in [0, 0.05) is 18.0 Å². The van der Waals surface area contributed by atoms with Crippen molar-refractivity contribution in [1.82, 2.24) is 4.90 Å². The molecule has 0 radical (unpaired) electrons. The zero-order valence-corrected chi connectivity index (χ0v) is 19.5. The van der Waals surface area contributed by atoms with Crippen molar-refractivity contribution in [1.29, 1.82) is 0 Å². The summed E-state index contributed by atoms with van der Waals surface area (Å²) >= 11 is 0. The predicted molar refractivity (Wildman–Crippen MR) is 121 cm³/mol. The topological polar surface area (TPSA) is 72.9 Å². The van der Waals surface area contributed by atoms with Crippen LogP contribution in [0, 0.1) is 5.82 Å². The van der Waals surface area contributed by atoms with Crippen LogP contribution >= 0.6 is 0 Å². The number of nitrogens with zero attached hydrogens (tertiary/aromatic N) is 1. The highest BCUT2D eigenvalue weighted by molar-refractivity contribution is 5.96. The highest BCUT2D eigenvalue weighted by atomic mass is 19.1. The van der Waals surface area contributed by atoms with Gasteiger partial charge < -0.3 is 14.4 Å². The molecule has 1 aliphatic heterocycles. The SMILES string of the molecule is COC(=O)c1ccc(CN2C(=O)CC(c3ccccc3F)C(C(=O)OC(C)(C)C)=C2C)cc1. The van der Waals surface area contributed by atoms with E-state index in [4.69, 9.17) is 9.47 Å². The maximum absolute atomic E-state index is 14.6. The Bertz CT molecular complexity index is 1100. The molecule has 1 aliphatic rings. The van der Waals surface area contributed by atoms with Crippen molar-refractivity contribution in [3.8, 4) is 0 Å². The number of halogens is 1. The first-order chi connectivity index (χ1) is 15.5. The Morgan fingerprint density at radius 2 is 1.70 bits per heavy atom. The molecule has 0 bridgehead atoms. The van der Waals surface area contributed by atoms with E-state index in [9.17, 15) is 18.8 Å². The van der Waals surface area contributed by atoms with Gasteiger partial charge in [-0.1, -0.05) is 30.3 Å². The smallest absolute Gasteiger partial charge is 0.337 e. The van der Waals surface area contributed by atoms with Crippen molar-refractivity contribution in [3.63, 3.8) is 0 Å². The Labute approximate surface area is 193 Å². The lowest BCUT2D eigenvalue weighted by atomic mass is 9.83. The fraction of sp³-hybridized carbons (Fsp3) is 0.346. The van der Waals surface area contributed by atoms with E-state index in [0.29, 0.717) is 11.3 Å². The van der Waals surface area contributed by atoms with Crippen LogP contribution in [-0.2, 0) is 25.6 Å². The van der Waals surface area contributed by atoms with Crippen molar-refractivity contribution in [2.24, 2.45) is 0 Å². The summed E-state index contributed by atoms with van der Waals surface area (Å²) in [7, 11) is 1.31. The number of carbonyl (C=O) groups excluding carboxylic acids is 3. The number of methoxy groups -OCH3 is 1. The van der Waals surface area contributed by atoms with Crippen molar-refractivity contribution in [2.45, 2.75) is 52.2 Å². The van der Waals surface area contributed by atoms with Gasteiger partial charge >= 0.3 is 11.9 Å². The number of amides is 1. The van der Waals surface area contributed by atoms with Crippen LogP contribution in [0.1, 0.15) is 61.5 Å². The van der Waals surface area contributed by atoms with E-state index in [2.05, 4.69) is 0 Å². The monoisotopic (exact) mass is 453 g/mol. The molecule has 0 spiro atoms. The highest BCUT2D eigenvalue weighted by Crippen LogP contribution is 2.39. The van der Waals surface area contributed by atoms with E-state index < -0.39 is 29.3 Å². The normalized spacial score (nSPS) is 16.6.